The second-order valence-electron chi connectivity index (χ2n) is 4.73. The van der Waals surface area contributed by atoms with E-state index in [1.54, 1.807) is 4.90 Å². The standard InChI is InChI=1S/C14H16BrNO3/c1-2-7-16-12(17)8-11(14(18)19)13(16)9-3-5-10(15)6-4-9/h3-6,11,13H,2,7-8H2,1H3,(H,18,19). The highest BCUT2D eigenvalue weighted by molar-refractivity contribution is 9.10. The molecule has 1 aliphatic heterocycles. The van der Waals surface area contributed by atoms with Gasteiger partial charge in [-0.1, -0.05) is 35.0 Å². The Kier molecular flexibility index (Phi) is 4.24. The highest BCUT2D eigenvalue weighted by Crippen LogP contribution is 2.38. The first-order chi connectivity index (χ1) is 9.04. The monoisotopic (exact) mass is 325 g/mol. The summed E-state index contributed by atoms with van der Waals surface area (Å²) in [5, 5.41) is 9.32. The fraction of sp³-hybridized carbons (Fsp3) is 0.429. The minimum absolute atomic E-state index is 0.0674. The highest BCUT2D eigenvalue weighted by Gasteiger charge is 2.44. The average Bonchev–Trinajstić information content (AvgIpc) is 2.69. The van der Waals surface area contributed by atoms with Crippen molar-refractivity contribution >= 4 is 27.8 Å². The zero-order chi connectivity index (χ0) is 14.0. The van der Waals surface area contributed by atoms with E-state index in [4.69, 9.17) is 0 Å². The molecule has 0 aliphatic carbocycles. The van der Waals surface area contributed by atoms with Gasteiger partial charge < -0.3 is 10.0 Å². The van der Waals surface area contributed by atoms with Gasteiger partial charge in [0.2, 0.25) is 5.91 Å². The largest absolute Gasteiger partial charge is 0.481 e. The van der Waals surface area contributed by atoms with Gasteiger partial charge in [0, 0.05) is 17.4 Å². The number of carbonyl (C=O) groups excluding carboxylic acids is 1. The van der Waals surface area contributed by atoms with Gasteiger partial charge in [-0.15, -0.1) is 0 Å². The van der Waals surface area contributed by atoms with Crippen LogP contribution in [0.4, 0.5) is 0 Å². The van der Waals surface area contributed by atoms with Crippen LogP contribution in [0.3, 0.4) is 0 Å². The molecule has 2 atom stereocenters. The Morgan fingerprint density at radius 3 is 2.58 bits per heavy atom. The molecule has 1 amide bonds. The Balaban J connectivity index is 2.37. The van der Waals surface area contributed by atoms with Crippen LogP contribution in [0.2, 0.25) is 0 Å². The molecule has 0 saturated carbocycles. The van der Waals surface area contributed by atoms with E-state index in [9.17, 15) is 14.7 Å². The first-order valence-electron chi connectivity index (χ1n) is 6.32. The number of rotatable bonds is 4. The highest BCUT2D eigenvalue weighted by atomic mass is 79.9. The van der Waals surface area contributed by atoms with Crippen LogP contribution in [0, 0.1) is 5.92 Å². The number of carbonyl (C=O) groups is 2. The minimum atomic E-state index is -0.903. The van der Waals surface area contributed by atoms with Crippen molar-refractivity contribution in [1.82, 2.24) is 4.90 Å². The molecule has 1 saturated heterocycles. The molecule has 2 unspecified atom stereocenters. The second kappa shape index (κ2) is 5.74. The zero-order valence-corrected chi connectivity index (χ0v) is 12.3. The van der Waals surface area contributed by atoms with Crippen molar-refractivity contribution in [2.75, 3.05) is 6.54 Å². The molecule has 0 radical (unpaired) electrons. The molecule has 2 rings (SSSR count). The maximum atomic E-state index is 12.0. The van der Waals surface area contributed by atoms with E-state index >= 15 is 0 Å². The van der Waals surface area contributed by atoms with Gasteiger partial charge in [-0.25, -0.2) is 0 Å². The first kappa shape index (κ1) is 14.1. The summed E-state index contributed by atoms with van der Waals surface area (Å²) in [6.45, 7) is 2.59. The number of nitrogens with zero attached hydrogens (tertiary/aromatic N) is 1. The third-order valence-electron chi connectivity index (χ3n) is 3.43. The molecule has 19 heavy (non-hydrogen) atoms. The zero-order valence-electron chi connectivity index (χ0n) is 10.7. The molecule has 1 heterocycles. The summed E-state index contributed by atoms with van der Waals surface area (Å²) in [6, 6.07) is 7.17. The Hall–Kier alpha value is -1.36. The molecule has 5 heteroatoms. The van der Waals surface area contributed by atoms with E-state index in [0.29, 0.717) is 6.54 Å². The van der Waals surface area contributed by atoms with Crippen LogP contribution in [0.25, 0.3) is 0 Å². The molecular weight excluding hydrogens is 310 g/mol. The van der Waals surface area contributed by atoms with Crippen LogP contribution in [0.5, 0.6) is 0 Å². The molecule has 1 aliphatic rings. The Labute approximate surface area is 120 Å². The number of carboxylic acid groups (broad SMARTS) is 1. The quantitative estimate of drug-likeness (QED) is 0.926. The van der Waals surface area contributed by atoms with Crippen molar-refractivity contribution in [2.24, 2.45) is 5.92 Å². The number of hydrogen-bond acceptors (Lipinski definition) is 2. The summed E-state index contributed by atoms with van der Waals surface area (Å²) in [4.78, 5) is 25.0. The maximum absolute atomic E-state index is 12.0. The fourth-order valence-electron chi connectivity index (χ4n) is 2.59. The average molecular weight is 326 g/mol. The van der Waals surface area contributed by atoms with Gasteiger partial charge in [0.1, 0.15) is 0 Å². The number of carboxylic acids is 1. The number of benzene rings is 1. The van der Waals surface area contributed by atoms with E-state index < -0.39 is 11.9 Å². The normalized spacial score (nSPS) is 22.8. The smallest absolute Gasteiger partial charge is 0.309 e. The summed E-state index contributed by atoms with van der Waals surface area (Å²) in [7, 11) is 0. The topological polar surface area (TPSA) is 57.6 Å². The summed E-state index contributed by atoms with van der Waals surface area (Å²) in [5.74, 6) is -1.62. The van der Waals surface area contributed by atoms with Crippen molar-refractivity contribution in [1.29, 1.82) is 0 Å². The Morgan fingerprint density at radius 1 is 1.42 bits per heavy atom. The first-order valence-corrected chi connectivity index (χ1v) is 7.11. The van der Waals surface area contributed by atoms with Crippen LogP contribution < -0.4 is 0 Å². The Morgan fingerprint density at radius 2 is 2.05 bits per heavy atom. The number of aliphatic carboxylic acids is 1. The fourth-order valence-corrected chi connectivity index (χ4v) is 2.85. The van der Waals surface area contributed by atoms with Crippen LogP contribution in [-0.2, 0) is 9.59 Å². The van der Waals surface area contributed by atoms with Gasteiger partial charge in [-0.05, 0) is 24.1 Å². The molecule has 1 N–H and O–H groups in total. The lowest BCUT2D eigenvalue weighted by atomic mass is 9.94. The minimum Gasteiger partial charge on any atom is -0.481 e. The molecule has 1 fully saturated rings. The van der Waals surface area contributed by atoms with Crippen LogP contribution in [0.1, 0.15) is 31.4 Å². The van der Waals surface area contributed by atoms with Gasteiger partial charge in [0.15, 0.2) is 0 Å². The van der Waals surface area contributed by atoms with E-state index in [1.807, 2.05) is 31.2 Å². The van der Waals surface area contributed by atoms with Crippen molar-refractivity contribution in [3.05, 3.63) is 34.3 Å². The number of hydrogen-bond donors (Lipinski definition) is 1. The molecule has 4 nitrogen and oxygen atoms in total. The molecule has 0 aromatic heterocycles. The maximum Gasteiger partial charge on any atom is 0.309 e. The van der Waals surface area contributed by atoms with Crippen molar-refractivity contribution in [3.63, 3.8) is 0 Å². The van der Waals surface area contributed by atoms with E-state index in [0.717, 1.165) is 16.5 Å². The lowest BCUT2D eigenvalue weighted by Gasteiger charge is -2.27. The number of halogens is 1. The predicted molar refractivity (Wildman–Crippen MR) is 74.6 cm³/mol. The Bertz CT molecular complexity index is 486. The lowest BCUT2D eigenvalue weighted by molar-refractivity contribution is -0.142. The van der Waals surface area contributed by atoms with Crippen molar-refractivity contribution in [2.45, 2.75) is 25.8 Å². The van der Waals surface area contributed by atoms with Crippen molar-refractivity contribution in [3.8, 4) is 0 Å². The number of amides is 1. The molecule has 102 valence electrons. The molecule has 1 aromatic carbocycles. The van der Waals surface area contributed by atoms with Crippen LogP contribution >= 0.6 is 15.9 Å². The van der Waals surface area contributed by atoms with Gasteiger partial charge in [-0.2, -0.15) is 0 Å². The van der Waals surface area contributed by atoms with Gasteiger partial charge in [-0.3, -0.25) is 9.59 Å². The second-order valence-corrected chi connectivity index (χ2v) is 5.65. The summed E-state index contributed by atoms with van der Waals surface area (Å²) in [5.41, 5.74) is 0.884. The van der Waals surface area contributed by atoms with Crippen LogP contribution in [0.15, 0.2) is 28.7 Å². The van der Waals surface area contributed by atoms with Gasteiger partial charge in [0.25, 0.3) is 0 Å². The summed E-state index contributed by atoms with van der Waals surface area (Å²) < 4.78 is 0.939. The molecule has 0 spiro atoms. The van der Waals surface area contributed by atoms with Crippen molar-refractivity contribution < 1.29 is 14.7 Å². The van der Waals surface area contributed by atoms with E-state index in [-0.39, 0.29) is 18.4 Å². The summed E-state index contributed by atoms with van der Waals surface area (Å²) >= 11 is 3.36. The van der Waals surface area contributed by atoms with Crippen LogP contribution in [-0.4, -0.2) is 28.4 Å². The van der Waals surface area contributed by atoms with Gasteiger partial charge in [0.05, 0.1) is 12.0 Å². The van der Waals surface area contributed by atoms with E-state index in [2.05, 4.69) is 15.9 Å². The molecule has 0 bridgehead atoms. The van der Waals surface area contributed by atoms with E-state index in [1.165, 1.54) is 0 Å². The SMILES string of the molecule is CCCN1C(=O)CC(C(=O)O)C1c1ccc(Br)cc1. The molecular formula is C14H16BrNO3. The third kappa shape index (κ3) is 2.81. The number of likely N-dealkylation sites (tertiary alicyclic amines) is 1. The molecule has 1 aromatic rings. The van der Waals surface area contributed by atoms with Gasteiger partial charge >= 0.3 is 5.97 Å². The summed E-state index contributed by atoms with van der Waals surface area (Å²) in [6.07, 6.45) is 0.918. The third-order valence-corrected chi connectivity index (χ3v) is 3.95. The lowest BCUT2D eigenvalue weighted by Crippen LogP contribution is -2.31. The predicted octanol–water partition coefficient (Wildman–Crippen LogP) is 2.83.